The quantitative estimate of drug-likeness (QED) is 0.440. The monoisotopic (exact) mass is 339 g/mol. The van der Waals surface area contributed by atoms with Crippen LogP contribution in [0.2, 0.25) is 0 Å². The van der Waals surface area contributed by atoms with E-state index in [0.717, 1.165) is 55.8 Å². The predicted octanol–water partition coefficient (Wildman–Crippen LogP) is 4.33. The van der Waals surface area contributed by atoms with E-state index in [2.05, 4.69) is 18.2 Å². The molecule has 0 aliphatic carbocycles. The molecule has 0 radical (unpaired) electrons. The van der Waals surface area contributed by atoms with Crippen molar-refractivity contribution >= 4 is 12.0 Å². The third kappa shape index (κ3) is 5.24. The number of rotatable bonds is 6. The number of amides is 1. The maximum absolute atomic E-state index is 11.9. The van der Waals surface area contributed by atoms with E-state index in [4.69, 9.17) is 9.47 Å². The number of unbranched alkanes of at least 4 members (excludes halogenated alkanes) is 1. The molecule has 2 aliphatic heterocycles. The van der Waals surface area contributed by atoms with Crippen molar-refractivity contribution in [3.05, 3.63) is 54.1 Å². The average molecular weight is 339 g/mol. The molecule has 1 amide bonds. The van der Waals surface area contributed by atoms with Gasteiger partial charge in [0.05, 0.1) is 0 Å². The Labute approximate surface area is 149 Å². The van der Waals surface area contributed by atoms with Gasteiger partial charge in [0.15, 0.2) is 11.5 Å². The number of carbonyl (C=O) groups excluding carboxylic acids is 1. The molecule has 1 aromatic carbocycles. The van der Waals surface area contributed by atoms with Gasteiger partial charge in [-0.15, -0.1) is 0 Å². The maximum atomic E-state index is 11.9. The molecule has 1 fully saturated rings. The molecule has 0 aromatic heterocycles. The fourth-order valence-electron chi connectivity index (χ4n) is 2.96. The molecule has 0 saturated carbocycles. The van der Waals surface area contributed by atoms with E-state index >= 15 is 0 Å². The molecular formula is C21H25NO3. The Balaban J connectivity index is 1.35. The molecule has 0 spiro atoms. The van der Waals surface area contributed by atoms with E-state index in [1.807, 2.05) is 35.3 Å². The minimum atomic E-state index is 0.132. The van der Waals surface area contributed by atoms with E-state index in [0.29, 0.717) is 6.79 Å². The van der Waals surface area contributed by atoms with Crippen LogP contribution in [0.25, 0.3) is 6.08 Å². The first kappa shape index (κ1) is 17.3. The topological polar surface area (TPSA) is 38.8 Å². The lowest BCUT2D eigenvalue weighted by Crippen LogP contribution is -2.34. The highest BCUT2D eigenvalue weighted by atomic mass is 16.7. The molecule has 4 nitrogen and oxygen atoms in total. The van der Waals surface area contributed by atoms with Gasteiger partial charge in [-0.2, -0.15) is 0 Å². The molecule has 0 N–H and O–H groups in total. The first-order valence-electron chi connectivity index (χ1n) is 9.01. The van der Waals surface area contributed by atoms with Crippen LogP contribution in [0, 0.1) is 0 Å². The number of nitrogens with zero attached hydrogens (tertiary/aromatic N) is 1. The Morgan fingerprint density at radius 3 is 2.68 bits per heavy atom. The Kier molecular flexibility index (Phi) is 6.32. The molecule has 1 aromatic rings. The van der Waals surface area contributed by atoms with Crippen LogP contribution in [0.5, 0.6) is 11.5 Å². The fraction of sp³-hybridized carbons (Fsp3) is 0.381. The summed E-state index contributed by atoms with van der Waals surface area (Å²) < 4.78 is 10.7. The van der Waals surface area contributed by atoms with Gasteiger partial charge in [0.2, 0.25) is 12.7 Å². The van der Waals surface area contributed by atoms with Crippen LogP contribution >= 0.6 is 0 Å². The largest absolute Gasteiger partial charge is 0.454 e. The standard InChI is InChI=1S/C21H25NO3/c23-21(22-14-8-5-9-15-22)11-7-4-2-1-3-6-10-18-12-13-19-20(16-18)25-17-24-19/h2,4,6-7,10-13,16H,1,3,5,8-9,14-15,17H2. The van der Waals surface area contributed by atoms with E-state index in [-0.39, 0.29) is 5.91 Å². The van der Waals surface area contributed by atoms with Crippen LogP contribution in [0.3, 0.4) is 0 Å². The zero-order valence-corrected chi connectivity index (χ0v) is 14.5. The lowest BCUT2D eigenvalue weighted by molar-refractivity contribution is -0.126. The summed E-state index contributed by atoms with van der Waals surface area (Å²) in [5.74, 6) is 1.75. The number of carbonyl (C=O) groups is 1. The molecule has 132 valence electrons. The van der Waals surface area contributed by atoms with Crippen LogP contribution in [0.15, 0.2) is 48.6 Å². The number of fused-ring (bicyclic) bond motifs is 1. The third-order valence-electron chi connectivity index (χ3n) is 4.36. The van der Waals surface area contributed by atoms with Gasteiger partial charge < -0.3 is 14.4 Å². The predicted molar refractivity (Wildman–Crippen MR) is 99.5 cm³/mol. The van der Waals surface area contributed by atoms with Crippen molar-refractivity contribution in [2.45, 2.75) is 32.1 Å². The molecule has 0 bridgehead atoms. The van der Waals surface area contributed by atoms with Gasteiger partial charge >= 0.3 is 0 Å². The SMILES string of the molecule is O=C(C=CC=CCCC=Cc1ccc2c(c1)OCO2)N1CCCCC1. The molecule has 2 aliphatic rings. The minimum absolute atomic E-state index is 0.132. The minimum Gasteiger partial charge on any atom is -0.454 e. The zero-order chi connectivity index (χ0) is 17.3. The van der Waals surface area contributed by atoms with Crippen molar-refractivity contribution in [1.82, 2.24) is 4.90 Å². The summed E-state index contributed by atoms with van der Waals surface area (Å²) >= 11 is 0. The zero-order valence-electron chi connectivity index (χ0n) is 14.5. The highest BCUT2D eigenvalue weighted by Gasteiger charge is 2.13. The Hall–Kier alpha value is -2.49. The highest BCUT2D eigenvalue weighted by molar-refractivity contribution is 5.87. The number of likely N-dealkylation sites (tertiary alicyclic amines) is 1. The van der Waals surface area contributed by atoms with Crippen molar-refractivity contribution < 1.29 is 14.3 Å². The number of piperidine rings is 1. The number of ether oxygens (including phenoxy) is 2. The molecule has 1 saturated heterocycles. The van der Waals surface area contributed by atoms with E-state index < -0.39 is 0 Å². The van der Waals surface area contributed by atoms with Crippen molar-refractivity contribution in [2.75, 3.05) is 19.9 Å². The van der Waals surface area contributed by atoms with Crippen molar-refractivity contribution in [1.29, 1.82) is 0 Å². The summed E-state index contributed by atoms with van der Waals surface area (Å²) in [6.07, 6.45) is 17.2. The van der Waals surface area contributed by atoms with E-state index in [1.54, 1.807) is 6.08 Å². The van der Waals surface area contributed by atoms with Crippen molar-refractivity contribution in [3.8, 4) is 11.5 Å². The lowest BCUT2D eigenvalue weighted by atomic mass is 10.1. The normalized spacial score (nSPS) is 17.2. The van der Waals surface area contributed by atoms with Gasteiger partial charge in [-0.25, -0.2) is 0 Å². The summed E-state index contributed by atoms with van der Waals surface area (Å²) in [6, 6.07) is 5.95. The second-order valence-corrected chi connectivity index (χ2v) is 6.27. The van der Waals surface area contributed by atoms with Gasteiger partial charge in [0, 0.05) is 19.2 Å². The Morgan fingerprint density at radius 2 is 1.80 bits per heavy atom. The van der Waals surface area contributed by atoms with Gasteiger partial charge in [-0.05, 0) is 49.8 Å². The number of allylic oxidation sites excluding steroid dienone is 4. The highest BCUT2D eigenvalue weighted by Crippen LogP contribution is 2.32. The third-order valence-corrected chi connectivity index (χ3v) is 4.36. The fourth-order valence-corrected chi connectivity index (χ4v) is 2.96. The molecule has 2 heterocycles. The summed E-state index contributed by atoms with van der Waals surface area (Å²) in [7, 11) is 0. The number of hydrogen-bond acceptors (Lipinski definition) is 3. The summed E-state index contributed by atoms with van der Waals surface area (Å²) in [6.45, 7) is 2.11. The van der Waals surface area contributed by atoms with Gasteiger partial charge in [-0.3, -0.25) is 4.79 Å². The maximum Gasteiger partial charge on any atom is 0.246 e. The van der Waals surface area contributed by atoms with Crippen LogP contribution in [0.1, 0.15) is 37.7 Å². The average Bonchev–Trinajstić information content (AvgIpc) is 3.12. The number of hydrogen-bond donors (Lipinski definition) is 0. The van der Waals surface area contributed by atoms with E-state index in [9.17, 15) is 4.79 Å². The molecular weight excluding hydrogens is 314 g/mol. The summed E-state index contributed by atoms with van der Waals surface area (Å²) in [4.78, 5) is 13.9. The Bertz CT molecular complexity index is 670. The molecule has 0 unspecified atom stereocenters. The van der Waals surface area contributed by atoms with Crippen LogP contribution in [-0.4, -0.2) is 30.7 Å². The molecule has 4 heteroatoms. The summed E-state index contributed by atoms with van der Waals surface area (Å²) in [5.41, 5.74) is 1.11. The molecule has 0 atom stereocenters. The molecule has 3 rings (SSSR count). The van der Waals surface area contributed by atoms with Gasteiger partial charge in [0.1, 0.15) is 0 Å². The second-order valence-electron chi connectivity index (χ2n) is 6.27. The Morgan fingerprint density at radius 1 is 1.00 bits per heavy atom. The van der Waals surface area contributed by atoms with Crippen LogP contribution < -0.4 is 9.47 Å². The smallest absolute Gasteiger partial charge is 0.246 e. The molecule has 25 heavy (non-hydrogen) atoms. The second kappa shape index (κ2) is 9.11. The van der Waals surface area contributed by atoms with Gasteiger partial charge in [-0.1, -0.05) is 36.4 Å². The van der Waals surface area contributed by atoms with Crippen LogP contribution in [-0.2, 0) is 4.79 Å². The van der Waals surface area contributed by atoms with Crippen molar-refractivity contribution in [2.24, 2.45) is 0 Å². The van der Waals surface area contributed by atoms with Crippen molar-refractivity contribution in [3.63, 3.8) is 0 Å². The first-order chi connectivity index (χ1) is 12.3. The van der Waals surface area contributed by atoms with Gasteiger partial charge in [0.25, 0.3) is 0 Å². The number of benzene rings is 1. The lowest BCUT2D eigenvalue weighted by Gasteiger charge is -2.25. The first-order valence-corrected chi connectivity index (χ1v) is 9.01. The summed E-state index contributed by atoms with van der Waals surface area (Å²) in [5, 5.41) is 0. The van der Waals surface area contributed by atoms with E-state index in [1.165, 1.54) is 6.42 Å². The van der Waals surface area contributed by atoms with Crippen LogP contribution in [0.4, 0.5) is 0 Å².